The summed E-state index contributed by atoms with van der Waals surface area (Å²) in [6.45, 7) is -0.775. The quantitative estimate of drug-likeness (QED) is 0.583. The van der Waals surface area contributed by atoms with E-state index in [0.29, 0.717) is 5.84 Å². The second kappa shape index (κ2) is 6.06. The number of hydrogen-bond donors (Lipinski definition) is 3. The molecule has 0 aromatic carbocycles. The third-order valence-electron chi connectivity index (χ3n) is 3.54. The Kier molecular flexibility index (Phi) is 4.57. The highest BCUT2D eigenvalue weighted by Gasteiger charge is 2.47. The van der Waals surface area contributed by atoms with Crippen LogP contribution in [0.3, 0.4) is 0 Å². The van der Waals surface area contributed by atoms with Crippen LogP contribution in [0, 0.1) is 0 Å². The second-order valence-electron chi connectivity index (χ2n) is 5.07. The normalized spacial score (nSPS) is 39.0. The molecular weight excluding hydrogens is 281 g/mol. The SMILES string of the molecule is CN1N=CN(C)C(N)/C1=N/C=C/[C@@]1(F)CO[C@H](CO)[C@H]1O. The van der Waals surface area contributed by atoms with Crippen molar-refractivity contribution in [3.05, 3.63) is 12.3 Å². The summed E-state index contributed by atoms with van der Waals surface area (Å²) >= 11 is 0. The molecule has 1 unspecified atom stereocenters. The largest absolute Gasteiger partial charge is 0.394 e. The summed E-state index contributed by atoms with van der Waals surface area (Å²) in [7, 11) is 3.42. The molecule has 0 saturated carbocycles. The molecule has 0 aromatic rings. The van der Waals surface area contributed by atoms with Gasteiger partial charge in [-0.25, -0.2) is 9.38 Å². The van der Waals surface area contributed by atoms with Crippen LogP contribution in [0.2, 0.25) is 0 Å². The van der Waals surface area contributed by atoms with Gasteiger partial charge in [-0.05, 0) is 6.08 Å². The van der Waals surface area contributed by atoms with Crippen molar-refractivity contribution in [3.8, 4) is 0 Å². The molecule has 1 saturated heterocycles. The lowest BCUT2D eigenvalue weighted by Gasteiger charge is -2.31. The maximum Gasteiger partial charge on any atom is 0.182 e. The molecular formula is C12H20FN5O3. The number of hydrogen-bond acceptors (Lipinski definition) is 7. The lowest BCUT2D eigenvalue weighted by Crippen LogP contribution is -2.53. The first-order chi connectivity index (χ1) is 9.89. The molecule has 1 fully saturated rings. The summed E-state index contributed by atoms with van der Waals surface area (Å²) in [6, 6.07) is 0. The van der Waals surface area contributed by atoms with Crippen LogP contribution >= 0.6 is 0 Å². The molecule has 2 rings (SSSR count). The molecule has 2 aliphatic heterocycles. The van der Waals surface area contributed by atoms with Gasteiger partial charge < -0.3 is 25.6 Å². The number of nitrogens with two attached hydrogens (primary N) is 1. The van der Waals surface area contributed by atoms with E-state index >= 15 is 0 Å². The molecule has 4 atom stereocenters. The number of rotatable bonds is 3. The molecule has 2 heterocycles. The third-order valence-corrected chi connectivity index (χ3v) is 3.54. The van der Waals surface area contributed by atoms with E-state index in [-0.39, 0.29) is 6.61 Å². The summed E-state index contributed by atoms with van der Waals surface area (Å²) in [5, 5.41) is 24.2. The molecule has 118 valence electrons. The zero-order valence-electron chi connectivity index (χ0n) is 11.9. The fraction of sp³-hybridized carbons (Fsp3) is 0.667. The first-order valence-corrected chi connectivity index (χ1v) is 6.49. The Balaban J connectivity index is 2.11. The second-order valence-corrected chi connectivity index (χ2v) is 5.07. The summed E-state index contributed by atoms with van der Waals surface area (Å²) < 4.78 is 19.4. The van der Waals surface area contributed by atoms with Gasteiger partial charge in [0.15, 0.2) is 11.5 Å². The average molecular weight is 301 g/mol. The van der Waals surface area contributed by atoms with E-state index in [9.17, 15) is 9.50 Å². The number of alkyl halides is 1. The van der Waals surface area contributed by atoms with Crippen molar-refractivity contribution in [3.63, 3.8) is 0 Å². The molecule has 0 radical (unpaired) electrons. The molecule has 21 heavy (non-hydrogen) atoms. The number of ether oxygens (including phenoxy) is 1. The van der Waals surface area contributed by atoms with Crippen LogP contribution in [-0.4, -0.2) is 83.6 Å². The molecule has 0 bridgehead atoms. The van der Waals surface area contributed by atoms with Gasteiger partial charge in [-0.2, -0.15) is 5.10 Å². The highest BCUT2D eigenvalue weighted by Crippen LogP contribution is 2.30. The highest BCUT2D eigenvalue weighted by molar-refractivity contribution is 5.90. The molecule has 8 nitrogen and oxygen atoms in total. The molecule has 0 spiro atoms. The van der Waals surface area contributed by atoms with Crippen molar-refractivity contribution in [2.45, 2.75) is 24.0 Å². The Labute approximate surface area is 122 Å². The molecule has 0 aromatic heterocycles. The van der Waals surface area contributed by atoms with Crippen LogP contribution < -0.4 is 5.73 Å². The van der Waals surface area contributed by atoms with Crippen molar-refractivity contribution >= 4 is 12.2 Å². The van der Waals surface area contributed by atoms with E-state index in [0.717, 1.165) is 6.08 Å². The minimum Gasteiger partial charge on any atom is -0.394 e. The lowest BCUT2D eigenvalue weighted by atomic mass is 9.99. The van der Waals surface area contributed by atoms with Crippen molar-refractivity contribution in [2.24, 2.45) is 15.8 Å². The van der Waals surface area contributed by atoms with Crippen LogP contribution in [0.15, 0.2) is 22.4 Å². The number of hydrazone groups is 1. The summed E-state index contributed by atoms with van der Waals surface area (Å²) in [5.41, 5.74) is 3.86. The van der Waals surface area contributed by atoms with E-state index in [1.807, 2.05) is 0 Å². The molecule has 0 amide bonds. The van der Waals surface area contributed by atoms with E-state index in [2.05, 4.69) is 10.1 Å². The molecule has 0 aliphatic carbocycles. The van der Waals surface area contributed by atoms with E-state index < -0.39 is 30.6 Å². The van der Waals surface area contributed by atoms with Crippen LogP contribution in [0.5, 0.6) is 0 Å². The summed E-state index contributed by atoms with van der Waals surface area (Å²) in [5.74, 6) is 0.437. The van der Waals surface area contributed by atoms with Gasteiger partial charge in [0.1, 0.15) is 24.7 Å². The van der Waals surface area contributed by atoms with Crippen molar-refractivity contribution in [1.82, 2.24) is 9.91 Å². The first-order valence-electron chi connectivity index (χ1n) is 6.49. The fourth-order valence-corrected chi connectivity index (χ4v) is 2.08. The number of likely N-dealkylation sites (N-methyl/N-ethyl adjacent to an activating group) is 2. The zero-order chi connectivity index (χ0) is 15.6. The van der Waals surface area contributed by atoms with Gasteiger partial charge in [-0.3, -0.25) is 5.01 Å². The average Bonchev–Trinajstić information content (AvgIpc) is 2.74. The predicted octanol–water partition coefficient (Wildman–Crippen LogP) is -1.54. The van der Waals surface area contributed by atoms with Crippen LogP contribution in [0.4, 0.5) is 4.39 Å². The van der Waals surface area contributed by atoms with Gasteiger partial charge in [-0.15, -0.1) is 0 Å². The molecule has 9 heteroatoms. The van der Waals surface area contributed by atoms with E-state index in [1.165, 1.54) is 11.2 Å². The first kappa shape index (κ1) is 15.8. The topological polar surface area (TPSA) is 107 Å². The Morgan fingerprint density at radius 3 is 3.00 bits per heavy atom. The summed E-state index contributed by atoms with van der Waals surface area (Å²) in [6.07, 6.45) is 1.04. The van der Waals surface area contributed by atoms with E-state index in [4.69, 9.17) is 15.6 Å². The number of amidine groups is 1. The number of nitrogens with zero attached hydrogens (tertiary/aromatic N) is 4. The highest BCUT2D eigenvalue weighted by atomic mass is 19.1. The van der Waals surface area contributed by atoms with Gasteiger partial charge in [-0.1, -0.05) is 0 Å². The van der Waals surface area contributed by atoms with Gasteiger partial charge >= 0.3 is 0 Å². The van der Waals surface area contributed by atoms with Crippen molar-refractivity contribution in [1.29, 1.82) is 0 Å². The lowest BCUT2D eigenvalue weighted by molar-refractivity contribution is -0.00553. The number of aliphatic imine (C=N–C) groups is 1. The maximum absolute atomic E-state index is 14.4. The minimum atomic E-state index is -2.08. The van der Waals surface area contributed by atoms with Gasteiger partial charge in [0.25, 0.3) is 0 Å². The van der Waals surface area contributed by atoms with Gasteiger partial charge in [0.05, 0.1) is 13.2 Å². The Morgan fingerprint density at radius 2 is 2.38 bits per heavy atom. The maximum atomic E-state index is 14.4. The fourth-order valence-electron chi connectivity index (χ4n) is 2.08. The summed E-state index contributed by atoms with van der Waals surface area (Å²) in [4.78, 5) is 5.76. The third kappa shape index (κ3) is 3.05. The van der Waals surface area contributed by atoms with Crippen LogP contribution in [-0.2, 0) is 4.74 Å². The van der Waals surface area contributed by atoms with Gasteiger partial charge in [0, 0.05) is 20.3 Å². The van der Waals surface area contributed by atoms with Gasteiger partial charge in [0.2, 0.25) is 0 Å². The molecule has 2 aliphatic rings. The predicted molar refractivity (Wildman–Crippen MR) is 75.2 cm³/mol. The molecule has 4 N–H and O–H groups in total. The Bertz CT molecular complexity index is 472. The van der Waals surface area contributed by atoms with Crippen molar-refractivity contribution < 1.29 is 19.3 Å². The monoisotopic (exact) mass is 301 g/mol. The Hall–Kier alpha value is -1.55. The number of aliphatic hydroxyl groups excluding tert-OH is 2. The Morgan fingerprint density at radius 1 is 1.67 bits per heavy atom. The van der Waals surface area contributed by atoms with Crippen LogP contribution in [0.25, 0.3) is 0 Å². The standard InChI is InChI=1S/C12H20FN5O3/c1-17-7-16-18(2)11(10(17)14)15-4-3-12(13)6-21-8(5-19)9(12)20/h3-4,7-10,19-20H,5-6,14H2,1-2H3/b4-3+,15-11-/t8-,9-,10?,12-/m1/s1. The number of aliphatic hydroxyl groups is 2. The smallest absolute Gasteiger partial charge is 0.182 e. The van der Waals surface area contributed by atoms with Crippen molar-refractivity contribution in [2.75, 3.05) is 27.3 Å². The van der Waals surface area contributed by atoms with E-state index in [1.54, 1.807) is 25.3 Å². The zero-order valence-corrected chi connectivity index (χ0v) is 11.9. The number of halogens is 1. The van der Waals surface area contributed by atoms with Crippen LogP contribution in [0.1, 0.15) is 0 Å². The minimum absolute atomic E-state index is 0.333.